The Bertz CT molecular complexity index is 1060. The molecule has 1 unspecified atom stereocenters. The molecule has 1 atom stereocenters. The molecule has 11 heteroatoms. The molecule has 0 bridgehead atoms. The Morgan fingerprint density at radius 2 is 1.63 bits per heavy atom. The van der Waals surface area contributed by atoms with E-state index in [-0.39, 0.29) is 31.6 Å². The second-order valence-corrected chi connectivity index (χ2v) is 9.23. The van der Waals surface area contributed by atoms with E-state index in [9.17, 15) is 30.4 Å². The van der Waals surface area contributed by atoms with Gasteiger partial charge in [0.2, 0.25) is 0 Å². The first-order chi connectivity index (χ1) is 13.9. The SMILES string of the molecule is NS(=O)(=O)N1CCC2(CC1)C(c1cccc(-c3ccc(C(F)(F)F)cc3)n1)C2(F)F. The fourth-order valence-corrected chi connectivity index (χ4v) is 5.03. The normalized spacial score (nSPS) is 23.5. The number of nitrogens with two attached hydrogens (primary N) is 1. The number of halogens is 5. The summed E-state index contributed by atoms with van der Waals surface area (Å²) in [7, 11) is -3.93. The summed E-state index contributed by atoms with van der Waals surface area (Å²) < 4.78 is 91.7. The Kier molecular flexibility index (Phi) is 4.72. The van der Waals surface area contributed by atoms with Crippen molar-refractivity contribution < 1.29 is 30.4 Å². The van der Waals surface area contributed by atoms with Crippen LogP contribution in [0.5, 0.6) is 0 Å². The van der Waals surface area contributed by atoms with Crippen molar-refractivity contribution in [1.29, 1.82) is 0 Å². The lowest BCUT2D eigenvalue weighted by Crippen LogP contribution is -2.43. The first-order valence-electron chi connectivity index (χ1n) is 9.16. The molecule has 4 rings (SSSR count). The first-order valence-corrected chi connectivity index (χ1v) is 10.7. The Hall–Kier alpha value is -2.11. The minimum absolute atomic E-state index is 0.0483. The summed E-state index contributed by atoms with van der Waals surface area (Å²) in [5.74, 6) is -4.23. The lowest BCUT2D eigenvalue weighted by Gasteiger charge is -2.30. The van der Waals surface area contributed by atoms with Gasteiger partial charge in [0.25, 0.3) is 16.1 Å². The number of nitrogens with zero attached hydrogens (tertiary/aromatic N) is 2. The predicted molar refractivity (Wildman–Crippen MR) is 98.7 cm³/mol. The highest BCUT2D eigenvalue weighted by molar-refractivity contribution is 7.86. The third-order valence-electron chi connectivity index (χ3n) is 6.04. The van der Waals surface area contributed by atoms with Crippen LogP contribution >= 0.6 is 0 Å². The molecule has 0 amide bonds. The fraction of sp³-hybridized carbons (Fsp3) is 0.421. The van der Waals surface area contributed by atoms with Crippen LogP contribution in [0, 0.1) is 5.41 Å². The fourth-order valence-electron chi connectivity index (χ4n) is 4.34. The molecule has 30 heavy (non-hydrogen) atoms. The van der Waals surface area contributed by atoms with Crippen molar-refractivity contribution in [3.8, 4) is 11.3 Å². The van der Waals surface area contributed by atoms with Gasteiger partial charge in [-0.3, -0.25) is 4.98 Å². The van der Waals surface area contributed by atoms with Crippen LogP contribution < -0.4 is 5.14 Å². The van der Waals surface area contributed by atoms with Crippen molar-refractivity contribution in [2.75, 3.05) is 13.1 Å². The standard InChI is InChI=1S/C19H18F5N3O2S/c20-18(21)16(17(18)8-10-27(11-9-17)30(25,28)29)15-3-1-2-14(26-15)12-4-6-13(7-5-12)19(22,23)24/h1-7,16H,8-11H2,(H2,25,28,29). The second-order valence-electron chi connectivity index (χ2n) is 7.68. The summed E-state index contributed by atoms with van der Waals surface area (Å²) in [6.45, 7) is -0.187. The van der Waals surface area contributed by atoms with Gasteiger partial charge < -0.3 is 0 Å². The molecule has 1 aliphatic heterocycles. The molecular weight excluding hydrogens is 429 g/mol. The van der Waals surface area contributed by atoms with Gasteiger partial charge in [0.05, 0.1) is 28.3 Å². The number of hydrogen-bond acceptors (Lipinski definition) is 3. The Morgan fingerprint density at radius 1 is 1.03 bits per heavy atom. The number of piperidine rings is 1. The van der Waals surface area contributed by atoms with Crippen LogP contribution in [0.25, 0.3) is 11.3 Å². The van der Waals surface area contributed by atoms with E-state index >= 15 is 0 Å². The average Bonchev–Trinajstić information content (AvgIpc) is 3.14. The summed E-state index contributed by atoms with van der Waals surface area (Å²) >= 11 is 0. The zero-order valence-electron chi connectivity index (χ0n) is 15.5. The maximum absolute atomic E-state index is 14.8. The molecule has 1 spiro atoms. The maximum Gasteiger partial charge on any atom is 0.416 e. The summed E-state index contributed by atoms with van der Waals surface area (Å²) in [5.41, 5.74) is -1.38. The molecule has 1 saturated heterocycles. The van der Waals surface area contributed by atoms with E-state index in [0.717, 1.165) is 16.4 Å². The van der Waals surface area contributed by atoms with Gasteiger partial charge in [-0.2, -0.15) is 25.9 Å². The largest absolute Gasteiger partial charge is 0.416 e. The van der Waals surface area contributed by atoms with Crippen molar-refractivity contribution in [2.45, 2.75) is 30.9 Å². The average molecular weight is 447 g/mol. The summed E-state index contributed by atoms with van der Waals surface area (Å²) in [6, 6.07) is 8.88. The van der Waals surface area contributed by atoms with Crippen LogP contribution in [0.2, 0.25) is 0 Å². The van der Waals surface area contributed by atoms with E-state index in [4.69, 9.17) is 5.14 Å². The van der Waals surface area contributed by atoms with Crippen molar-refractivity contribution in [3.63, 3.8) is 0 Å². The van der Waals surface area contributed by atoms with Gasteiger partial charge in [-0.05, 0) is 37.1 Å². The Morgan fingerprint density at radius 3 is 2.17 bits per heavy atom. The van der Waals surface area contributed by atoms with E-state index in [2.05, 4.69) is 4.98 Å². The number of benzene rings is 1. The molecule has 2 aromatic rings. The minimum Gasteiger partial charge on any atom is -0.252 e. The van der Waals surface area contributed by atoms with E-state index in [1.807, 2.05) is 0 Å². The number of alkyl halides is 5. The highest BCUT2D eigenvalue weighted by atomic mass is 32.2. The van der Waals surface area contributed by atoms with Gasteiger partial charge in [-0.25, -0.2) is 13.9 Å². The zero-order chi connectivity index (χ0) is 21.9. The Balaban J connectivity index is 1.59. The number of aromatic nitrogens is 1. The van der Waals surface area contributed by atoms with E-state index in [0.29, 0.717) is 11.3 Å². The van der Waals surface area contributed by atoms with Gasteiger partial charge >= 0.3 is 6.18 Å². The molecule has 162 valence electrons. The second kappa shape index (κ2) is 6.69. The monoisotopic (exact) mass is 447 g/mol. The molecule has 1 saturated carbocycles. The van der Waals surface area contributed by atoms with Crippen molar-refractivity contribution >= 4 is 10.2 Å². The summed E-state index contributed by atoms with van der Waals surface area (Å²) in [4.78, 5) is 4.29. The van der Waals surface area contributed by atoms with Crippen LogP contribution in [0.15, 0.2) is 42.5 Å². The molecule has 2 aliphatic rings. The van der Waals surface area contributed by atoms with Gasteiger partial charge in [0, 0.05) is 18.7 Å². The predicted octanol–water partition coefficient (Wildman–Crippen LogP) is 3.79. The van der Waals surface area contributed by atoms with Gasteiger partial charge in [-0.15, -0.1) is 0 Å². The van der Waals surface area contributed by atoms with Crippen molar-refractivity contribution in [3.05, 3.63) is 53.7 Å². The highest BCUT2D eigenvalue weighted by Gasteiger charge is 2.81. The lowest BCUT2D eigenvalue weighted by atomic mass is 9.90. The zero-order valence-corrected chi connectivity index (χ0v) is 16.4. The van der Waals surface area contributed by atoms with Gasteiger partial charge in [-0.1, -0.05) is 18.2 Å². The van der Waals surface area contributed by atoms with Crippen LogP contribution in [0.3, 0.4) is 0 Å². The van der Waals surface area contributed by atoms with Crippen molar-refractivity contribution in [2.24, 2.45) is 10.6 Å². The molecule has 1 aliphatic carbocycles. The Labute approximate surface area is 169 Å². The third kappa shape index (κ3) is 3.38. The molecule has 2 fully saturated rings. The smallest absolute Gasteiger partial charge is 0.252 e. The maximum atomic E-state index is 14.8. The molecule has 2 heterocycles. The quantitative estimate of drug-likeness (QED) is 0.728. The first kappa shape index (κ1) is 21.1. The highest BCUT2D eigenvalue weighted by Crippen LogP contribution is 2.75. The van der Waals surface area contributed by atoms with Crippen LogP contribution in [0.4, 0.5) is 22.0 Å². The molecular formula is C19H18F5N3O2S. The topological polar surface area (TPSA) is 76.3 Å². The van der Waals surface area contributed by atoms with E-state index in [1.165, 1.54) is 24.3 Å². The van der Waals surface area contributed by atoms with Crippen LogP contribution in [-0.2, 0) is 16.4 Å². The summed E-state index contributed by atoms with van der Waals surface area (Å²) in [5, 5.41) is 5.08. The number of pyridine rings is 1. The van der Waals surface area contributed by atoms with E-state index < -0.39 is 39.2 Å². The number of hydrogen-bond donors (Lipinski definition) is 1. The molecule has 1 aromatic carbocycles. The molecule has 0 radical (unpaired) electrons. The number of rotatable bonds is 3. The minimum atomic E-state index is -4.47. The third-order valence-corrected chi connectivity index (χ3v) is 7.13. The molecule has 2 N–H and O–H groups in total. The van der Waals surface area contributed by atoms with Crippen molar-refractivity contribution in [1.82, 2.24) is 9.29 Å². The molecule has 1 aromatic heterocycles. The van der Waals surface area contributed by atoms with Gasteiger partial charge in [0.1, 0.15) is 0 Å². The molecule has 5 nitrogen and oxygen atoms in total. The van der Waals surface area contributed by atoms with Crippen LogP contribution in [0.1, 0.15) is 30.0 Å². The van der Waals surface area contributed by atoms with E-state index in [1.54, 1.807) is 6.07 Å². The summed E-state index contributed by atoms with van der Waals surface area (Å²) in [6.07, 6.45) is -4.57. The van der Waals surface area contributed by atoms with Crippen LogP contribution in [-0.4, -0.2) is 36.7 Å². The lowest BCUT2D eigenvalue weighted by molar-refractivity contribution is -0.137. The van der Waals surface area contributed by atoms with Gasteiger partial charge in [0.15, 0.2) is 0 Å².